The molecule has 0 atom stereocenters. The van der Waals surface area contributed by atoms with E-state index < -0.39 is 0 Å². The largest absolute Gasteiger partial charge is 0.352 e. The summed E-state index contributed by atoms with van der Waals surface area (Å²) < 4.78 is 0. The summed E-state index contributed by atoms with van der Waals surface area (Å²) in [6.07, 6.45) is 2.23. The van der Waals surface area contributed by atoms with Crippen molar-refractivity contribution in [2.45, 2.75) is 12.8 Å². The molecular weight excluding hydrogens is 271 g/mol. The van der Waals surface area contributed by atoms with Crippen LogP contribution in [0.15, 0.2) is 18.2 Å². The smallest absolute Gasteiger partial charge is 0.251 e. The van der Waals surface area contributed by atoms with Crippen LogP contribution in [0.1, 0.15) is 23.2 Å². The minimum absolute atomic E-state index is 0.0906. The van der Waals surface area contributed by atoms with E-state index in [4.69, 9.17) is 23.2 Å². The number of rotatable bonds is 3. The van der Waals surface area contributed by atoms with Crippen LogP contribution in [0.2, 0.25) is 10.0 Å². The van der Waals surface area contributed by atoms with Crippen LogP contribution in [0.3, 0.4) is 0 Å². The number of hydrogen-bond donors (Lipinski definition) is 2. The normalized spacial score (nSPS) is 16.6. The summed E-state index contributed by atoms with van der Waals surface area (Å²) in [6.45, 7) is 2.79. The predicted octanol–water partition coefficient (Wildman–Crippen LogP) is 2.72. The van der Waals surface area contributed by atoms with E-state index in [1.54, 1.807) is 18.2 Å². The molecule has 0 saturated carbocycles. The van der Waals surface area contributed by atoms with Crippen LogP contribution in [0, 0.1) is 5.92 Å². The van der Waals surface area contributed by atoms with E-state index in [1.165, 1.54) is 0 Å². The van der Waals surface area contributed by atoms with Crippen LogP contribution >= 0.6 is 23.2 Å². The molecule has 0 bridgehead atoms. The van der Waals surface area contributed by atoms with Crippen LogP contribution in [0.5, 0.6) is 0 Å². The number of piperidine rings is 1. The standard InChI is InChI=1S/C13H16Cl2N2O/c14-11-2-1-10(7-12(11)15)13(18)17-8-9-3-5-16-6-4-9/h1-2,7,9,16H,3-6,8H2,(H,17,18). The maximum atomic E-state index is 11.9. The van der Waals surface area contributed by atoms with Crippen LogP contribution in [-0.4, -0.2) is 25.5 Å². The maximum Gasteiger partial charge on any atom is 0.251 e. The number of halogens is 2. The van der Waals surface area contributed by atoms with Crippen molar-refractivity contribution in [2.75, 3.05) is 19.6 Å². The Bertz CT molecular complexity index is 431. The zero-order chi connectivity index (χ0) is 13.0. The SMILES string of the molecule is O=C(NCC1CCNCC1)c1ccc(Cl)c(Cl)c1. The van der Waals surface area contributed by atoms with E-state index in [-0.39, 0.29) is 5.91 Å². The minimum atomic E-state index is -0.0906. The molecule has 0 aliphatic carbocycles. The molecule has 1 aromatic rings. The lowest BCUT2D eigenvalue weighted by Crippen LogP contribution is -2.35. The minimum Gasteiger partial charge on any atom is -0.352 e. The summed E-state index contributed by atoms with van der Waals surface area (Å²) >= 11 is 11.7. The highest BCUT2D eigenvalue weighted by Crippen LogP contribution is 2.22. The third-order valence-corrected chi connectivity index (χ3v) is 3.93. The Kier molecular flexibility index (Phi) is 4.87. The predicted molar refractivity (Wildman–Crippen MR) is 74.4 cm³/mol. The van der Waals surface area contributed by atoms with Gasteiger partial charge in [-0.1, -0.05) is 23.2 Å². The molecule has 1 amide bonds. The molecule has 1 aliphatic rings. The summed E-state index contributed by atoms with van der Waals surface area (Å²) in [4.78, 5) is 11.9. The Morgan fingerprint density at radius 2 is 2.00 bits per heavy atom. The van der Waals surface area contributed by atoms with E-state index >= 15 is 0 Å². The maximum absolute atomic E-state index is 11.9. The summed E-state index contributed by atoms with van der Waals surface area (Å²) in [5.41, 5.74) is 0.554. The van der Waals surface area contributed by atoms with Crippen molar-refractivity contribution in [1.82, 2.24) is 10.6 Å². The Morgan fingerprint density at radius 1 is 1.28 bits per heavy atom. The Balaban J connectivity index is 1.88. The fourth-order valence-electron chi connectivity index (χ4n) is 2.06. The number of carbonyl (C=O) groups excluding carboxylic acids is 1. The molecule has 0 aromatic heterocycles. The van der Waals surface area contributed by atoms with Crippen LogP contribution < -0.4 is 10.6 Å². The quantitative estimate of drug-likeness (QED) is 0.897. The number of hydrogen-bond acceptors (Lipinski definition) is 2. The molecule has 0 unspecified atom stereocenters. The Labute approximate surface area is 117 Å². The molecule has 0 radical (unpaired) electrons. The number of benzene rings is 1. The monoisotopic (exact) mass is 286 g/mol. The highest BCUT2D eigenvalue weighted by molar-refractivity contribution is 6.42. The molecule has 98 valence electrons. The second-order valence-electron chi connectivity index (χ2n) is 4.53. The van der Waals surface area contributed by atoms with Gasteiger partial charge in [0.25, 0.3) is 5.91 Å². The molecule has 3 nitrogen and oxygen atoms in total. The van der Waals surface area contributed by atoms with Crippen molar-refractivity contribution in [3.63, 3.8) is 0 Å². The lowest BCUT2D eigenvalue weighted by molar-refractivity contribution is 0.0944. The van der Waals surface area contributed by atoms with Crippen molar-refractivity contribution in [3.05, 3.63) is 33.8 Å². The lowest BCUT2D eigenvalue weighted by atomic mass is 9.98. The van der Waals surface area contributed by atoms with E-state index in [2.05, 4.69) is 10.6 Å². The van der Waals surface area contributed by atoms with Crippen LogP contribution in [0.25, 0.3) is 0 Å². The van der Waals surface area contributed by atoms with E-state index in [9.17, 15) is 4.79 Å². The first kappa shape index (κ1) is 13.7. The van der Waals surface area contributed by atoms with Gasteiger partial charge < -0.3 is 10.6 Å². The van der Waals surface area contributed by atoms with Crippen molar-refractivity contribution < 1.29 is 4.79 Å². The molecule has 18 heavy (non-hydrogen) atoms. The first-order valence-corrected chi connectivity index (χ1v) is 6.86. The lowest BCUT2D eigenvalue weighted by Gasteiger charge is -2.22. The van der Waals surface area contributed by atoms with Gasteiger partial charge in [0.1, 0.15) is 0 Å². The highest BCUT2D eigenvalue weighted by Gasteiger charge is 2.14. The van der Waals surface area contributed by atoms with Crippen LogP contribution in [0.4, 0.5) is 0 Å². The average Bonchev–Trinajstić information content (AvgIpc) is 2.40. The van der Waals surface area contributed by atoms with E-state index in [1.807, 2.05) is 0 Å². The molecule has 1 aromatic carbocycles. The zero-order valence-electron chi connectivity index (χ0n) is 10.0. The first-order valence-electron chi connectivity index (χ1n) is 6.11. The van der Waals surface area contributed by atoms with Crippen molar-refractivity contribution in [3.8, 4) is 0 Å². The van der Waals surface area contributed by atoms with Gasteiger partial charge in [0.15, 0.2) is 0 Å². The van der Waals surface area contributed by atoms with E-state index in [0.717, 1.165) is 32.5 Å². The second kappa shape index (κ2) is 6.41. The molecule has 1 saturated heterocycles. The van der Waals surface area contributed by atoms with Gasteiger partial charge in [-0.3, -0.25) is 4.79 Å². The van der Waals surface area contributed by atoms with Gasteiger partial charge in [0.2, 0.25) is 0 Å². The van der Waals surface area contributed by atoms with Gasteiger partial charge in [-0.15, -0.1) is 0 Å². The van der Waals surface area contributed by atoms with Crippen LogP contribution in [-0.2, 0) is 0 Å². The van der Waals surface area contributed by atoms with Gasteiger partial charge in [0, 0.05) is 12.1 Å². The highest BCUT2D eigenvalue weighted by atomic mass is 35.5. The van der Waals surface area contributed by atoms with Crippen molar-refractivity contribution >= 4 is 29.1 Å². The summed E-state index contributed by atoms with van der Waals surface area (Å²) in [7, 11) is 0. The molecule has 2 rings (SSSR count). The fraction of sp³-hybridized carbons (Fsp3) is 0.462. The van der Waals surface area contributed by atoms with Crippen molar-refractivity contribution in [1.29, 1.82) is 0 Å². The molecule has 1 aliphatic heterocycles. The summed E-state index contributed by atoms with van der Waals surface area (Å²) in [5, 5.41) is 7.12. The number of nitrogens with one attached hydrogen (secondary N) is 2. The fourth-order valence-corrected chi connectivity index (χ4v) is 2.36. The topological polar surface area (TPSA) is 41.1 Å². The molecule has 2 N–H and O–H groups in total. The van der Waals surface area contributed by atoms with E-state index in [0.29, 0.717) is 21.5 Å². The number of carbonyl (C=O) groups is 1. The third-order valence-electron chi connectivity index (χ3n) is 3.19. The molecule has 1 fully saturated rings. The molecular formula is C13H16Cl2N2O. The summed E-state index contributed by atoms with van der Waals surface area (Å²) in [5.74, 6) is 0.477. The molecule has 0 spiro atoms. The Morgan fingerprint density at radius 3 is 2.67 bits per heavy atom. The van der Waals surface area contributed by atoms with Gasteiger partial charge in [-0.25, -0.2) is 0 Å². The third kappa shape index (κ3) is 3.61. The summed E-state index contributed by atoms with van der Waals surface area (Å²) in [6, 6.07) is 4.93. The van der Waals surface area contributed by atoms with Gasteiger partial charge in [-0.2, -0.15) is 0 Å². The number of amides is 1. The molecule has 1 heterocycles. The second-order valence-corrected chi connectivity index (χ2v) is 5.35. The van der Waals surface area contributed by atoms with Gasteiger partial charge in [0.05, 0.1) is 10.0 Å². The van der Waals surface area contributed by atoms with Gasteiger partial charge >= 0.3 is 0 Å². The average molecular weight is 287 g/mol. The van der Waals surface area contributed by atoms with Gasteiger partial charge in [-0.05, 0) is 50.0 Å². The Hall–Kier alpha value is -0.770. The van der Waals surface area contributed by atoms with Crippen molar-refractivity contribution in [2.24, 2.45) is 5.92 Å². The first-order chi connectivity index (χ1) is 8.66. The zero-order valence-corrected chi connectivity index (χ0v) is 11.5. The molecule has 5 heteroatoms.